The van der Waals surface area contributed by atoms with Crippen LogP contribution < -0.4 is 0 Å². The first kappa shape index (κ1) is 15.9. The van der Waals surface area contributed by atoms with Crippen molar-refractivity contribution in [2.45, 2.75) is 19.4 Å². The topological polar surface area (TPSA) is 72.1 Å². The molecule has 0 atom stereocenters. The summed E-state index contributed by atoms with van der Waals surface area (Å²) in [5, 5.41) is 3.90. The van der Waals surface area contributed by atoms with Crippen molar-refractivity contribution in [2.75, 3.05) is 7.05 Å². The third-order valence-corrected chi connectivity index (χ3v) is 3.60. The molecule has 24 heavy (non-hydrogen) atoms. The molecule has 0 fully saturated rings. The lowest BCUT2D eigenvalue weighted by atomic mass is 10.2. The average molecular weight is 322 g/mol. The van der Waals surface area contributed by atoms with Crippen LogP contribution in [0.25, 0.3) is 11.5 Å². The Morgan fingerprint density at radius 2 is 1.92 bits per heavy atom. The second-order valence-corrected chi connectivity index (χ2v) is 5.46. The van der Waals surface area contributed by atoms with Crippen LogP contribution in [-0.2, 0) is 17.8 Å². The van der Waals surface area contributed by atoms with E-state index in [9.17, 15) is 4.79 Å². The van der Waals surface area contributed by atoms with Gasteiger partial charge in [-0.1, -0.05) is 41.6 Å². The number of amides is 1. The summed E-state index contributed by atoms with van der Waals surface area (Å²) >= 11 is 0. The van der Waals surface area contributed by atoms with Crippen LogP contribution in [0.3, 0.4) is 0 Å². The first-order valence-electron chi connectivity index (χ1n) is 7.74. The Morgan fingerprint density at radius 3 is 2.67 bits per heavy atom. The minimum absolute atomic E-state index is 0.0384. The Balaban J connectivity index is 1.54. The summed E-state index contributed by atoms with van der Waals surface area (Å²) in [5.74, 6) is 0.921. The first-order chi connectivity index (χ1) is 11.7. The molecule has 0 spiro atoms. The molecule has 6 nitrogen and oxygen atoms in total. The molecule has 2 aromatic heterocycles. The van der Waals surface area contributed by atoms with E-state index in [1.54, 1.807) is 18.1 Å². The van der Waals surface area contributed by atoms with E-state index in [1.807, 2.05) is 48.5 Å². The molecule has 0 aliphatic carbocycles. The summed E-state index contributed by atoms with van der Waals surface area (Å²) in [6, 6.07) is 15.4. The molecular formula is C18H18N4O2. The number of rotatable bonds is 6. The zero-order valence-electron chi connectivity index (χ0n) is 13.4. The molecule has 6 heteroatoms. The van der Waals surface area contributed by atoms with Crippen LogP contribution in [0.1, 0.15) is 17.9 Å². The van der Waals surface area contributed by atoms with Gasteiger partial charge in [0, 0.05) is 32.6 Å². The largest absolute Gasteiger partial charge is 0.341 e. The highest BCUT2D eigenvalue weighted by Gasteiger charge is 2.13. The van der Waals surface area contributed by atoms with Gasteiger partial charge in [0.1, 0.15) is 5.69 Å². The van der Waals surface area contributed by atoms with E-state index >= 15 is 0 Å². The van der Waals surface area contributed by atoms with Gasteiger partial charge in [-0.25, -0.2) is 0 Å². The van der Waals surface area contributed by atoms with Gasteiger partial charge < -0.3 is 9.42 Å². The quantitative estimate of drug-likeness (QED) is 0.698. The van der Waals surface area contributed by atoms with E-state index in [1.165, 1.54) is 0 Å². The van der Waals surface area contributed by atoms with E-state index in [2.05, 4.69) is 15.1 Å². The first-order valence-corrected chi connectivity index (χ1v) is 7.74. The van der Waals surface area contributed by atoms with Crippen LogP contribution in [0.4, 0.5) is 0 Å². The maximum atomic E-state index is 12.2. The molecule has 0 aliphatic heterocycles. The fourth-order valence-corrected chi connectivity index (χ4v) is 2.31. The van der Waals surface area contributed by atoms with Gasteiger partial charge in [-0.05, 0) is 17.7 Å². The fraction of sp³-hybridized carbons (Fsp3) is 0.222. The molecule has 0 aliphatic rings. The average Bonchev–Trinajstić information content (AvgIpc) is 3.10. The zero-order chi connectivity index (χ0) is 16.8. The normalized spacial score (nSPS) is 10.5. The predicted octanol–water partition coefficient (Wildman–Crippen LogP) is 2.72. The van der Waals surface area contributed by atoms with E-state index in [0.29, 0.717) is 36.8 Å². The number of carbonyl (C=O) groups excluding carboxylic acids is 1. The molecule has 0 saturated heterocycles. The minimum Gasteiger partial charge on any atom is -0.341 e. The van der Waals surface area contributed by atoms with Crippen molar-refractivity contribution in [2.24, 2.45) is 0 Å². The number of aryl methyl sites for hydroxylation is 1. The molecule has 1 amide bonds. The minimum atomic E-state index is 0.0384. The Labute approximate surface area is 140 Å². The van der Waals surface area contributed by atoms with Crippen LogP contribution in [0, 0.1) is 0 Å². The molecule has 3 aromatic rings. The van der Waals surface area contributed by atoms with E-state index in [0.717, 1.165) is 5.56 Å². The van der Waals surface area contributed by atoms with Gasteiger partial charge in [0.2, 0.25) is 17.6 Å². The van der Waals surface area contributed by atoms with Crippen molar-refractivity contribution < 1.29 is 9.32 Å². The number of pyridine rings is 1. The highest BCUT2D eigenvalue weighted by Crippen LogP contribution is 2.13. The molecule has 0 saturated carbocycles. The van der Waals surface area contributed by atoms with E-state index < -0.39 is 0 Å². The third kappa shape index (κ3) is 4.04. The van der Waals surface area contributed by atoms with E-state index in [-0.39, 0.29) is 5.91 Å². The fourth-order valence-electron chi connectivity index (χ4n) is 2.31. The highest BCUT2D eigenvalue weighted by molar-refractivity contribution is 5.76. The molecule has 0 N–H and O–H groups in total. The lowest BCUT2D eigenvalue weighted by Crippen LogP contribution is -2.26. The second-order valence-electron chi connectivity index (χ2n) is 5.46. The lowest BCUT2D eigenvalue weighted by Gasteiger charge is -2.16. The summed E-state index contributed by atoms with van der Waals surface area (Å²) in [6.07, 6.45) is 2.42. The van der Waals surface area contributed by atoms with Crippen LogP contribution in [0.15, 0.2) is 59.3 Å². The van der Waals surface area contributed by atoms with Crippen molar-refractivity contribution in [3.8, 4) is 11.5 Å². The summed E-state index contributed by atoms with van der Waals surface area (Å²) < 4.78 is 5.20. The van der Waals surface area contributed by atoms with Gasteiger partial charge >= 0.3 is 0 Å². The van der Waals surface area contributed by atoms with Crippen LogP contribution in [0.5, 0.6) is 0 Å². The Bertz CT molecular complexity index is 787. The van der Waals surface area contributed by atoms with Crippen LogP contribution in [-0.4, -0.2) is 33.0 Å². The molecule has 0 bridgehead atoms. The summed E-state index contributed by atoms with van der Waals surface area (Å²) in [5.41, 5.74) is 1.75. The maximum Gasteiger partial charge on any atom is 0.227 e. The van der Waals surface area contributed by atoms with E-state index in [4.69, 9.17) is 4.52 Å². The number of aromatic nitrogens is 3. The second kappa shape index (κ2) is 7.50. The van der Waals surface area contributed by atoms with Crippen molar-refractivity contribution in [1.29, 1.82) is 0 Å². The van der Waals surface area contributed by atoms with Crippen molar-refractivity contribution >= 4 is 5.91 Å². The van der Waals surface area contributed by atoms with Crippen LogP contribution >= 0.6 is 0 Å². The molecule has 3 rings (SSSR count). The van der Waals surface area contributed by atoms with Gasteiger partial charge in [-0.3, -0.25) is 9.78 Å². The molecule has 0 unspecified atom stereocenters. The molecule has 1 aromatic carbocycles. The van der Waals surface area contributed by atoms with Crippen molar-refractivity contribution in [1.82, 2.24) is 20.0 Å². The molecule has 122 valence electrons. The Kier molecular flexibility index (Phi) is 4.96. The lowest BCUT2D eigenvalue weighted by molar-refractivity contribution is -0.130. The van der Waals surface area contributed by atoms with Gasteiger partial charge in [0.05, 0.1) is 0 Å². The van der Waals surface area contributed by atoms with Gasteiger partial charge in [0.15, 0.2) is 0 Å². The molecule has 2 heterocycles. The molecular weight excluding hydrogens is 304 g/mol. The maximum absolute atomic E-state index is 12.2. The van der Waals surface area contributed by atoms with Crippen molar-refractivity contribution in [3.63, 3.8) is 0 Å². The summed E-state index contributed by atoms with van der Waals surface area (Å²) in [4.78, 5) is 22.4. The number of hydrogen-bond donors (Lipinski definition) is 0. The van der Waals surface area contributed by atoms with Gasteiger partial charge in [-0.2, -0.15) is 4.98 Å². The zero-order valence-corrected chi connectivity index (χ0v) is 13.4. The summed E-state index contributed by atoms with van der Waals surface area (Å²) in [7, 11) is 1.79. The number of carbonyl (C=O) groups is 1. The van der Waals surface area contributed by atoms with Gasteiger partial charge in [0.25, 0.3) is 0 Å². The molecule has 0 radical (unpaired) electrons. The van der Waals surface area contributed by atoms with Crippen molar-refractivity contribution in [3.05, 3.63) is 66.2 Å². The highest BCUT2D eigenvalue weighted by atomic mass is 16.5. The third-order valence-electron chi connectivity index (χ3n) is 3.60. The smallest absolute Gasteiger partial charge is 0.227 e. The summed E-state index contributed by atoms with van der Waals surface area (Å²) in [6.45, 7) is 0.586. The Morgan fingerprint density at radius 1 is 1.12 bits per heavy atom. The van der Waals surface area contributed by atoms with Crippen LogP contribution in [0.2, 0.25) is 0 Å². The number of benzene rings is 1. The monoisotopic (exact) mass is 322 g/mol. The predicted molar refractivity (Wildman–Crippen MR) is 88.8 cm³/mol. The number of hydrogen-bond acceptors (Lipinski definition) is 5. The number of nitrogens with zero attached hydrogens (tertiary/aromatic N) is 4. The SMILES string of the molecule is CN(Cc1ccccc1)C(=O)CCc1nc(-c2ccccn2)no1. The standard InChI is InChI=1S/C18H18N4O2/c1-22(13-14-7-3-2-4-8-14)17(23)11-10-16-20-18(21-24-16)15-9-5-6-12-19-15/h2-9,12H,10-11,13H2,1H3. The Hall–Kier alpha value is -3.02. The van der Waals surface area contributed by atoms with Gasteiger partial charge in [-0.15, -0.1) is 0 Å².